The average Bonchev–Trinajstić information content (AvgIpc) is 3.39. The maximum Gasteiger partial charge on any atom is 0.269 e. The van der Waals surface area contributed by atoms with Crippen molar-refractivity contribution in [3.63, 3.8) is 0 Å². The smallest absolute Gasteiger partial charge is 0.269 e. The molecule has 180 valence electrons. The molecule has 1 amide bonds. The van der Waals surface area contributed by atoms with Gasteiger partial charge >= 0.3 is 0 Å². The molecule has 4 atom stereocenters. The Bertz CT molecular complexity index is 1190. The molecule has 1 fully saturated rings. The number of imidazole rings is 1. The normalized spacial score (nSPS) is 22.1. The van der Waals surface area contributed by atoms with E-state index in [0.29, 0.717) is 5.56 Å². The zero-order valence-corrected chi connectivity index (χ0v) is 18.0. The number of rotatable bonds is 8. The Morgan fingerprint density at radius 2 is 1.97 bits per heavy atom. The molecule has 0 unspecified atom stereocenters. The SMILES string of the molecule is CN(CCO)C(=O)[C@H]1O[C@@H](n2cnc3c(OCc4ccc([N+](=O)[O-])cc4)ncnc32)[C@H](O)[C@@H]1O. The quantitative estimate of drug-likeness (QED) is 0.279. The molecule has 1 aliphatic rings. The van der Waals surface area contributed by atoms with E-state index in [0.717, 1.165) is 0 Å². The van der Waals surface area contributed by atoms with Gasteiger partial charge in [-0.3, -0.25) is 19.5 Å². The molecule has 0 spiro atoms. The molecule has 14 heteroatoms. The van der Waals surface area contributed by atoms with E-state index in [-0.39, 0.29) is 42.5 Å². The molecule has 1 aromatic carbocycles. The van der Waals surface area contributed by atoms with E-state index >= 15 is 0 Å². The zero-order valence-electron chi connectivity index (χ0n) is 18.0. The monoisotopic (exact) mass is 474 g/mol. The first-order valence-corrected chi connectivity index (χ1v) is 10.2. The van der Waals surface area contributed by atoms with Gasteiger partial charge in [0.05, 0.1) is 17.9 Å². The van der Waals surface area contributed by atoms with Crippen molar-refractivity contribution in [2.75, 3.05) is 20.2 Å². The predicted molar refractivity (Wildman–Crippen MR) is 113 cm³/mol. The number of nitrogens with zero attached hydrogens (tertiary/aromatic N) is 6. The number of aliphatic hydroxyl groups is 3. The molecular formula is C20H22N6O8. The number of non-ortho nitro benzene ring substituents is 1. The number of fused-ring (bicyclic) bond motifs is 1. The number of nitro benzene ring substituents is 1. The first kappa shape index (κ1) is 23.4. The summed E-state index contributed by atoms with van der Waals surface area (Å²) in [6.45, 7) is -0.155. The Hall–Kier alpha value is -3.72. The van der Waals surface area contributed by atoms with Crippen LogP contribution in [0.5, 0.6) is 5.88 Å². The van der Waals surface area contributed by atoms with Crippen molar-refractivity contribution in [1.29, 1.82) is 0 Å². The lowest BCUT2D eigenvalue weighted by Crippen LogP contribution is -2.44. The fourth-order valence-electron chi connectivity index (χ4n) is 3.56. The summed E-state index contributed by atoms with van der Waals surface area (Å²) in [6.07, 6.45) is -2.91. The van der Waals surface area contributed by atoms with E-state index in [1.54, 1.807) is 12.1 Å². The number of benzene rings is 1. The number of aromatic nitrogens is 4. The minimum Gasteiger partial charge on any atom is -0.471 e. The van der Waals surface area contributed by atoms with Crippen LogP contribution in [0, 0.1) is 10.1 Å². The van der Waals surface area contributed by atoms with Crippen molar-refractivity contribution in [1.82, 2.24) is 24.4 Å². The van der Waals surface area contributed by atoms with Crippen LogP contribution in [0.25, 0.3) is 11.2 Å². The van der Waals surface area contributed by atoms with Crippen LogP contribution < -0.4 is 4.74 Å². The molecule has 1 aliphatic heterocycles. The van der Waals surface area contributed by atoms with Crippen LogP contribution in [0.4, 0.5) is 5.69 Å². The summed E-state index contributed by atoms with van der Waals surface area (Å²) in [5, 5.41) is 40.7. The van der Waals surface area contributed by atoms with Crippen molar-refractivity contribution in [2.24, 2.45) is 0 Å². The average molecular weight is 474 g/mol. The van der Waals surface area contributed by atoms with E-state index in [1.807, 2.05) is 0 Å². The van der Waals surface area contributed by atoms with Gasteiger partial charge in [-0.15, -0.1) is 0 Å². The number of likely N-dealkylation sites (N-methyl/N-ethyl adjacent to an activating group) is 1. The Kier molecular flexibility index (Phi) is 6.65. The summed E-state index contributed by atoms with van der Waals surface area (Å²) >= 11 is 0. The van der Waals surface area contributed by atoms with Crippen LogP contribution in [0.3, 0.4) is 0 Å². The second-order valence-electron chi connectivity index (χ2n) is 7.63. The second kappa shape index (κ2) is 9.64. The molecule has 0 saturated carbocycles. The van der Waals surface area contributed by atoms with E-state index in [1.165, 1.54) is 41.3 Å². The van der Waals surface area contributed by atoms with Crippen molar-refractivity contribution in [3.8, 4) is 5.88 Å². The molecule has 0 radical (unpaired) electrons. The standard InChI is InChI=1S/C20H22N6O8/c1-24(6-7-27)19(30)16-14(28)15(29)20(34-16)25-10-23-13-17(25)21-9-22-18(13)33-8-11-2-4-12(5-3-11)26(31)32/h2-5,9-10,14-16,20,27-29H,6-8H2,1H3/t14-,15+,16-,20+/m0/s1. The highest BCUT2D eigenvalue weighted by atomic mass is 16.6. The van der Waals surface area contributed by atoms with Crippen LogP contribution in [0.1, 0.15) is 11.8 Å². The van der Waals surface area contributed by atoms with Gasteiger partial charge in [-0.2, -0.15) is 4.98 Å². The fourth-order valence-corrected chi connectivity index (χ4v) is 3.56. The maximum atomic E-state index is 12.5. The fraction of sp³-hybridized carbons (Fsp3) is 0.400. The molecular weight excluding hydrogens is 452 g/mol. The van der Waals surface area contributed by atoms with Crippen LogP contribution in [-0.2, 0) is 16.1 Å². The van der Waals surface area contributed by atoms with Gasteiger partial charge < -0.3 is 29.7 Å². The van der Waals surface area contributed by atoms with Gasteiger partial charge in [-0.1, -0.05) is 0 Å². The molecule has 14 nitrogen and oxygen atoms in total. The van der Waals surface area contributed by atoms with E-state index in [4.69, 9.17) is 14.6 Å². The summed E-state index contributed by atoms with van der Waals surface area (Å²) < 4.78 is 12.7. The maximum absolute atomic E-state index is 12.5. The van der Waals surface area contributed by atoms with Crippen molar-refractivity contribution >= 4 is 22.8 Å². The number of nitro groups is 1. The zero-order chi connectivity index (χ0) is 24.4. The number of carbonyl (C=O) groups excluding carboxylic acids is 1. The summed E-state index contributed by atoms with van der Waals surface area (Å²) in [5.74, 6) is -0.459. The summed E-state index contributed by atoms with van der Waals surface area (Å²) in [4.78, 5) is 36.5. The molecule has 34 heavy (non-hydrogen) atoms. The Morgan fingerprint density at radius 1 is 1.24 bits per heavy atom. The molecule has 2 aromatic heterocycles. The third kappa shape index (κ3) is 4.38. The second-order valence-corrected chi connectivity index (χ2v) is 7.63. The molecule has 4 rings (SSSR count). The van der Waals surface area contributed by atoms with E-state index in [9.17, 15) is 25.1 Å². The highest BCUT2D eigenvalue weighted by Crippen LogP contribution is 2.33. The van der Waals surface area contributed by atoms with Crippen molar-refractivity contribution < 1.29 is 34.5 Å². The number of ether oxygens (including phenoxy) is 2. The minimum absolute atomic E-state index is 0.0384. The molecule has 3 N–H and O–H groups in total. The summed E-state index contributed by atoms with van der Waals surface area (Å²) in [6, 6.07) is 5.85. The van der Waals surface area contributed by atoms with Gasteiger partial charge in [0.25, 0.3) is 11.6 Å². The number of carbonyl (C=O) groups is 1. The number of hydrogen-bond acceptors (Lipinski definition) is 11. The lowest BCUT2D eigenvalue weighted by Gasteiger charge is -2.21. The third-order valence-corrected chi connectivity index (χ3v) is 5.42. The van der Waals surface area contributed by atoms with Gasteiger partial charge in [0.15, 0.2) is 23.5 Å². The number of hydrogen-bond donors (Lipinski definition) is 3. The highest BCUT2D eigenvalue weighted by Gasteiger charge is 2.48. The van der Waals surface area contributed by atoms with Gasteiger partial charge in [0, 0.05) is 25.7 Å². The molecule has 0 aliphatic carbocycles. The van der Waals surface area contributed by atoms with Gasteiger partial charge in [-0.25, -0.2) is 9.97 Å². The van der Waals surface area contributed by atoms with Gasteiger partial charge in [-0.05, 0) is 17.7 Å². The molecule has 0 bridgehead atoms. The molecule has 1 saturated heterocycles. The van der Waals surface area contributed by atoms with E-state index < -0.39 is 35.4 Å². The first-order chi connectivity index (χ1) is 16.3. The minimum atomic E-state index is -1.50. The van der Waals surface area contributed by atoms with Crippen LogP contribution in [-0.4, -0.2) is 89.1 Å². The Balaban J connectivity index is 1.53. The predicted octanol–water partition coefficient (Wildman–Crippen LogP) is -0.617. The Morgan fingerprint density at radius 3 is 2.65 bits per heavy atom. The van der Waals surface area contributed by atoms with Crippen molar-refractivity contribution in [3.05, 3.63) is 52.6 Å². The highest BCUT2D eigenvalue weighted by molar-refractivity contribution is 5.82. The van der Waals surface area contributed by atoms with Gasteiger partial charge in [0.1, 0.15) is 25.1 Å². The summed E-state index contributed by atoms with van der Waals surface area (Å²) in [5.41, 5.74) is 1.12. The van der Waals surface area contributed by atoms with Crippen LogP contribution >= 0.6 is 0 Å². The van der Waals surface area contributed by atoms with E-state index in [2.05, 4.69) is 15.0 Å². The molecule has 3 heterocycles. The van der Waals surface area contributed by atoms with Crippen LogP contribution in [0.15, 0.2) is 36.9 Å². The molecule has 3 aromatic rings. The van der Waals surface area contributed by atoms with Crippen LogP contribution in [0.2, 0.25) is 0 Å². The summed E-state index contributed by atoms with van der Waals surface area (Å²) in [7, 11) is 1.45. The first-order valence-electron chi connectivity index (χ1n) is 10.2. The Labute approximate surface area is 192 Å². The number of aliphatic hydroxyl groups excluding tert-OH is 3. The lowest BCUT2D eigenvalue weighted by molar-refractivity contribution is -0.384. The third-order valence-electron chi connectivity index (χ3n) is 5.42. The topological polar surface area (TPSA) is 186 Å². The lowest BCUT2D eigenvalue weighted by atomic mass is 10.1. The number of amides is 1. The van der Waals surface area contributed by atoms with Gasteiger partial charge in [0.2, 0.25) is 5.88 Å². The van der Waals surface area contributed by atoms with Crippen molar-refractivity contribution in [2.45, 2.75) is 31.1 Å². The largest absolute Gasteiger partial charge is 0.471 e.